The zero-order valence-electron chi connectivity index (χ0n) is 12.9. The lowest BCUT2D eigenvalue weighted by Gasteiger charge is -2.19. The monoisotopic (exact) mass is 397 g/mol. The van der Waals surface area contributed by atoms with Crippen molar-refractivity contribution in [2.75, 3.05) is 20.8 Å². The number of carbonyl (C=O) groups excluding carboxylic acids is 1. The van der Waals surface area contributed by atoms with Gasteiger partial charge in [-0.15, -0.1) is 0 Å². The van der Waals surface area contributed by atoms with Gasteiger partial charge in [0.05, 0.1) is 7.11 Å². The Hall–Kier alpha value is -1.72. The van der Waals surface area contributed by atoms with Crippen LogP contribution in [0.3, 0.4) is 0 Å². The molecule has 0 aliphatic heterocycles. The fourth-order valence-corrected chi connectivity index (χ4v) is 2.53. The van der Waals surface area contributed by atoms with Gasteiger partial charge in [0, 0.05) is 28.7 Å². The van der Waals surface area contributed by atoms with E-state index < -0.39 is 0 Å². The van der Waals surface area contributed by atoms with Gasteiger partial charge in [-0.3, -0.25) is 4.79 Å². The third kappa shape index (κ3) is 5.15. The van der Waals surface area contributed by atoms with Crippen LogP contribution in [0.15, 0.2) is 46.9 Å². The number of benzene rings is 2. The van der Waals surface area contributed by atoms with Gasteiger partial charge in [-0.25, -0.2) is 0 Å². The number of halogens is 2. The van der Waals surface area contributed by atoms with Gasteiger partial charge < -0.3 is 14.4 Å². The van der Waals surface area contributed by atoms with Gasteiger partial charge >= 0.3 is 0 Å². The summed E-state index contributed by atoms with van der Waals surface area (Å²) in [5, 5.41) is 0.627. The Bertz CT molecular complexity index is 676. The van der Waals surface area contributed by atoms with E-state index >= 15 is 0 Å². The molecule has 0 aromatic heterocycles. The molecule has 0 radical (unpaired) electrons. The van der Waals surface area contributed by atoms with Crippen LogP contribution in [0.2, 0.25) is 5.02 Å². The zero-order valence-corrected chi connectivity index (χ0v) is 15.2. The Kier molecular flexibility index (Phi) is 6.30. The van der Waals surface area contributed by atoms with Crippen molar-refractivity contribution in [2.24, 2.45) is 0 Å². The number of ether oxygens (including phenoxy) is 2. The van der Waals surface area contributed by atoms with E-state index in [0.29, 0.717) is 17.3 Å². The second kappa shape index (κ2) is 8.22. The van der Waals surface area contributed by atoms with E-state index in [1.165, 1.54) is 0 Å². The molecule has 122 valence electrons. The minimum Gasteiger partial charge on any atom is -0.496 e. The average molecular weight is 399 g/mol. The number of amides is 1. The van der Waals surface area contributed by atoms with Crippen LogP contribution in [0.25, 0.3) is 0 Å². The highest BCUT2D eigenvalue weighted by molar-refractivity contribution is 9.10. The van der Waals surface area contributed by atoms with Gasteiger partial charge in [0.2, 0.25) is 0 Å². The molecule has 0 fully saturated rings. The maximum atomic E-state index is 12.2. The molecule has 0 saturated heterocycles. The summed E-state index contributed by atoms with van der Waals surface area (Å²) in [5.41, 5.74) is 0.921. The van der Waals surface area contributed by atoms with Crippen molar-refractivity contribution in [3.05, 3.63) is 57.5 Å². The lowest BCUT2D eigenvalue weighted by molar-refractivity contribution is -0.132. The first-order valence-corrected chi connectivity index (χ1v) is 8.11. The van der Waals surface area contributed by atoms with Crippen LogP contribution < -0.4 is 9.47 Å². The molecule has 0 spiro atoms. The number of rotatable bonds is 6. The molecule has 0 saturated carbocycles. The fraction of sp³-hybridized carbons (Fsp3) is 0.235. The molecule has 6 heteroatoms. The van der Waals surface area contributed by atoms with E-state index in [0.717, 1.165) is 15.8 Å². The molecular weight excluding hydrogens is 382 g/mol. The Morgan fingerprint density at radius 2 is 1.91 bits per heavy atom. The third-order valence-corrected chi connectivity index (χ3v) is 4.00. The topological polar surface area (TPSA) is 38.8 Å². The Morgan fingerprint density at radius 3 is 2.57 bits per heavy atom. The van der Waals surface area contributed by atoms with E-state index in [-0.39, 0.29) is 12.5 Å². The van der Waals surface area contributed by atoms with Crippen LogP contribution >= 0.6 is 27.5 Å². The molecular formula is C17H17BrClNO3. The highest BCUT2D eigenvalue weighted by Gasteiger charge is 2.13. The van der Waals surface area contributed by atoms with E-state index in [1.54, 1.807) is 43.3 Å². The average Bonchev–Trinajstić information content (AvgIpc) is 2.54. The first-order valence-electron chi connectivity index (χ1n) is 6.94. The van der Waals surface area contributed by atoms with E-state index in [4.69, 9.17) is 21.1 Å². The largest absolute Gasteiger partial charge is 0.496 e. The second-order valence-corrected chi connectivity index (χ2v) is 6.30. The van der Waals surface area contributed by atoms with Gasteiger partial charge in [0.15, 0.2) is 6.61 Å². The van der Waals surface area contributed by atoms with Crippen LogP contribution in [-0.4, -0.2) is 31.6 Å². The van der Waals surface area contributed by atoms with Gasteiger partial charge in [-0.05, 0) is 42.5 Å². The van der Waals surface area contributed by atoms with Crippen molar-refractivity contribution in [3.63, 3.8) is 0 Å². The van der Waals surface area contributed by atoms with E-state index in [9.17, 15) is 4.79 Å². The summed E-state index contributed by atoms with van der Waals surface area (Å²) >= 11 is 9.24. The van der Waals surface area contributed by atoms with Crippen LogP contribution in [0, 0.1) is 0 Å². The maximum absolute atomic E-state index is 12.2. The van der Waals surface area contributed by atoms with Crippen LogP contribution in [0.4, 0.5) is 0 Å². The summed E-state index contributed by atoms with van der Waals surface area (Å²) in [6, 6.07) is 12.6. The Labute approximate surface area is 149 Å². The summed E-state index contributed by atoms with van der Waals surface area (Å²) in [4.78, 5) is 13.8. The number of likely N-dealkylation sites (N-methyl/N-ethyl adjacent to an activating group) is 1. The molecule has 0 aliphatic carbocycles. The predicted octanol–water partition coefficient (Wildman–Crippen LogP) is 4.15. The van der Waals surface area contributed by atoms with Gasteiger partial charge in [0.25, 0.3) is 5.91 Å². The smallest absolute Gasteiger partial charge is 0.260 e. The SMILES string of the molecule is COc1ccc(Br)cc1CN(C)C(=O)COc1ccc(Cl)cc1. The van der Waals surface area contributed by atoms with E-state index in [1.807, 2.05) is 18.2 Å². The fourth-order valence-electron chi connectivity index (χ4n) is 2.00. The van der Waals surface area contributed by atoms with Crippen molar-refractivity contribution in [3.8, 4) is 11.5 Å². The summed E-state index contributed by atoms with van der Waals surface area (Å²) < 4.78 is 11.7. The third-order valence-electron chi connectivity index (χ3n) is 3.25. The molecule has 0 heterocycles. The molecule has 2 rings (SSSR count). The minimum absolute atomic E-state index is 0.0333. The molecule has 2 aromatic carbocycles. The van der Waals surface area contributed by atoms with Crippen LogP contribution in [0.5, 0.6) is 11.5 Å². The lowest BCUT2D eigenvalue weighted by Crippen LogP contribution is -2.31. The minimum atomic E-state index is -0.123. The summed E-state index contributed by atoms with van der Waals surface area (Å²) in [7, 11) is 3.34. The van der Waals surface area contributed by atoms with Gasteiger partial charge in [0.1, 0.15) is 11.5 Å². The summed E-state index contributed by atoms with van der Waals surface area (Å²) in [6.45, 7) is 0.403. The molecule has 0 bridgehead atoms. The number of hydrogen-bond acceptors (Lipinski definition) is 3. The predicted molar refractivity (Wildman–Crippen MR) is 94.1 cm³/mol. The molecule has 0 aliphatic rings. The van der Waals surface area contributed by atoms with E-state index in [2.05, 4.69) is 15.9 Å². The number of hydrogen-bond donors (Lipinski definition) is 0. The summed E-state index contributed by atoms with van der Waals surface area (Å²) in [5.74, 6) is 1.23. The Balaban J connectivity index is 1.94. The molecule has 2 aromatic rings. The highest BCUT2D eigenvalue weighted by Crippen LogP contribution is 2.24. The first kappa shape index (κ1) is 17.6. The first-order chi connectivity index (χ1) is 11.0. The quantitative estimate of drug-likeness (QED) is 0.734. The number of carbonyl (C=O) groups is 1. The molecule has 23 heavy (non-hydrogen) atoms. The molecule has 0 N–H and O–H groups in total. The normalized spacial score (nSPS) is 10.3. The van der Waals surface area contributed by atoms with Crippen molar-refractivity contribution in [1.82, 2.24) is 4.90 Å². The van der Waals surface area contributed by atoms with Crippen molar-refractivity contribution >= 4 is 33.4 Å². The van der Waals surface area contributed by atoms with Crippen molar-refractivity contribution in [2.45, 2.75) is 6.54 Å². The standard InChI is InChI=1S/C17H17BrClNO3/c1-20(10-12-9-13(18)3-8-16(12)22-2)17(21)11-23-15-6-4-14(19)5-7-15/h3-9H,10-11H2,1-2H3. The van der Waals surface area contributed by atoms with Crippen LogP contribution in [0.1, 0.15) is 5.56 Å². The van der Waals surface area contributed by atoms with Gasteiger partial charge in [-0.2, -0.15) is 0 Å². The Morgan fingerprint density at radius 1 is 1.22 bits per heavy atom. The number of nitrogens with zero attached hydrogens (tertiary/aromatic N) is 1. The van der Waals surface area contributed by atoms with Crippen molar-refractivity contribution < 1.29 is 14.3 Å². The number of methoxy groups -OCH3 is 1. The molecule has 1 amide bonds. The van der Waals surface area contributed by atoms with Gasteiger partial charge in [-0.1, -0.05) is 27.5 Å². The molecule has 0 unspecified atom stereocenters. The second-order valence-electron chi connectivity index (χ2n) is 4.95. The summed E-state index contributed by atoms with van der Waals surface area (Å²) in [6.07, 6.45) is 0. The van der Waals surface area contributed by atoms with Crippen LogP contribution in [-0.2, 0) is 11.3 Å². The molecule has 4 nitrogen and oxygen atoms in total. The maximum Gasteiger partial charge on any atom is 0.260 e. The zero-order chi connectivity index (χ0) is 16.8. The van der Waals surface area contributed by atoms with Crippen molar-refractivity contribution in [1.29, 1.82) is 0 Å². The molecule has 0 atom stereocenters. The highest BCUT2D eigenvalue weighted by atomic mass is 79.9. The lowest BCUT2D eigenvalue weighted by atomic mass is 10.2.